The van der Waals surface area contributed by atoms with Crippen molar-refractivity contribution in [3.05, 3.63) is 29.8 Å². The van der Waals surface area contributed by atoms with Crippen LogP contribution >= 0.6 is 0 Å². The molecular formula is C21H31N3O4S. The molecule has 1 aliphatic heterocycles. The summed E-state index contributed by atoms with van der Waals surface area (Å²) >= 11 is 0. The fraction of sp³-hybridized carbons (Fsp3) is 0.619. The first-order chi connectivity index (χ1) is 13.9. The average molecular weight is 422 g/mol. The average Bonchev–Trinajstić information content (AvgIpc) is 2.74. The Bertz CT molecular complexity index is 792. The number of nitrogens with zero attached hydrogens (tertiary/aromatic N) is 3. The van der Waals surface area contributed by atoms with Gasteiger partial charge in [-0.15, -0.1) is 0 Å². The molecule has 1 saturated heterocycles. The molecule has 1 aromatic carbocycles. The van der Waals surface area contributed by atoms with Gasteiger partial charge in [0, 0.05) is 45.3 Å². The van der Waals surface area contributed by atoms with Gasteiger partial charge in [-0.05, 0) is 37.0 Å². The van der Waals surface area contributed by atoms with E-state index in [1.807, 2.05) is 18.7 Å². The normalized spacial score (nSPS) is 15.2. The molecular weight excluding hydrogens is 390 g/mol. The van der Waals surface area contributed by atoms with Crippen molar-refractivity contribution < 1.29 is 17.9 Å². The lowest BCUT2D eigenvalue weighted by Crippen LogP contribution is -2.44. The number of benzene rings is 1. The van der Waals surface area contributed by atoms with Crippen LogP contribution in [-0.4, -0.2) is 62.4 Å². The Morgan fingerprint density at radius 2 is 1.79 bits per heavy atom. The van der Waals surface area contributed by atoms with E-state index >= 15 is 0 Å². The Kier molecular flexibility index (Phi) is 9.08. The molecule has 1 aromatic rings. The van der Waals surface area contributed by atoms with Gasteiger partial charge in [-0.1, -0.05) is 26.0 Å². The molecule has 0 saturated carbocycles. The minimum absolute atomic E-state index is 0.0342. The minimum Gasteiger partial charge on any atom is -0.381 e. The minimum atomic E-state index is -3.47. The molecule has 1 fully saturated rings. The first kappa shape index (κ1) is 23.3. The number of hydrogen-bond acceptors (Lipinski definition) is 5. The number of ether oxygens (including phenoxy) is 1. The number of rotatable bonds is 10. The van der Waals surface area contributed by atoms with E-state index in [9.17, 15) is 13.2 Å². The van der Waals surface area contributed by atoms with E-state index in [1.54, 1.807) is 24.3 Å². The second-order valence-corrected chi connectivity index (χ2v) is 9.01. The number of aryl methyl sites for hydroxylation is 1. The van der Waals surface area contributed by atoms with Crippen molar-refractivity contribution in [2.75, 3.05) is 32.8 Å². The predicted octanol–water partition coefficient (Wildman–Crippen LogP) is 2.57. The van der Waals surface area contributed by atoms with Gasteiger partial charge in [0.15, 0.2) is 0 Å². The molecule has 7 nitrogen and oxygen atoms in total. The van der Waals surface area contributed by atoms with E-state index in [4.69, 9.17) is 10.00 Å². The third-order valence-electron chi connectivity index (χ3n) is 5.31. The SMILES string of the molecule is CCN(CC)S(=O)(=O)c1ccc(CCC(=O)N(CCC#N)C2CCOCC2)cc1. The summed E-state index contributed by atoms with van der Waals surface area (Å²) < 4.78 is 31.9. The van der Waals surface area contributed by atoms with E-state index in [0.717, 1.165) is 18.4 Å². The highest BCUT2D eigenvalue weighted by atomic mass is 32.2. The predicted molar refractivity (Wildman–Crippen MR) is 111 cm³/mol. The van der Waals surface area contributed by atoms with Gasteiger partial charge in [0.05, 0.1) is 17.4 Å². The van der Waals surface area contributed by atoms with Gasteiger partial charge in [-0.25, -0.2) is 8.42 Å². The first-order valence-electron chi connectivity index (χ1n) is 10.3. The quantitative estimate of drug-likeness (QED) is 0.579. The number of sulfonamides is 1. The molecule has 0 unspecified atom stereocenters. The number of hydrogen-bond donors (Lipinski definition) is 0. The van der Waals surface area contributed by atoms with Crippen molar-refractivity contribution in [2.45, 2.75) is 56.9 Å². The van der Waals surface area contributed by atoms with Gasteiger partial charge in [-0.2, -0.15) is 9.57 Å². The van der Waals surface area contributed by atoms with Crippen molar-refractivity contribution in [3.8, 4) is 6.07 Å². The summed E-state index contributed by atoms with van der Waals surface area (Å²) in [6.45, 7) is 6.22. The van der Waals surface area contributed by atoms with Crippen LogP contribution in [0.1, 0.15) is 45.1 Å². The van der Waals surface area contributed by atoms with Crippen molar-refractivity contribution in [1.82, 2.24) is 9.21 Å². The molecule has 1 aliphatic rings. The molecule has 0 atom stereocenters. The van der Waals surface area contributed by atoms with Crippen LogP contribution in [0.4, 0.5) is 0 Å². The highest BCUT2D eigenvalue weighted by Gasteiger charge is 2.25. The largest absolute Gasteiger partial charge is 0.381 e. The topological polar surface area (TPSA) is 90.7 Å². The maximum absolute atomic E-state index is 12.8. The lowest BCUT2D eigenvalue weighted by Gasteiger charge is -2.34. The summed E-state index contributed by atoms with van der Waals surface area (Å²) in [4.78, 5) is 14.9. The van der Waals surface area contributed by atoms with Gasteiger partial charge in [-0.3, -0.25) is 4.79 Å². The fourth-order valence-corrected chi connectivity index (χ4v) is 5.07. The lowest BCUT2D eigenvalue weighted by molar-refractivity contribution is -0.135. The molecule has 8 heteroatoms. The van der Waals surface area contributed by atoms with Gasteiger partial charge >= 0.3 is 0 Å². The Morgan fingerprint density at radius 3 is 2.34 bits per heavy atom. The van der Waals surface area contributed by atoms with Crippen LogP contribution in [0, 0.1) is 11.3 Å². The Labute approximate surface area is 174 Å². The number of carbonyl (C=O) groups is 1. The Morgan fingerprint density at radius 1 is 1.17 bits per heavy atom. The van der Waals surface area contributed by atoms with Crippen LogP contribution in [-0.2, 0) is 26.0 Å². The molecule has 0 aromatic heterocycles. The highest BCUT2D eigenvalue weighted by Crippen LogP contribution is 2.19. The lowest BCUT2D eigenvalue weighted by atomic mass is 10.0. The summed E-state index contributed by atoms with van der Waals surface area (Å²) in [7, 11) is -3.47. The summed E-state index contributed by atoms with van der Waals surface area (Å²) in [5.41, 5.74) is 0.920. The van der Waals surface area contributed by atoms with E-state index in [0.29, 0.717) is 52.1 Å². The molecule has 0 bridgehead atoms. The van der Waals surface area contributed by atoms with Crippen LogP contribution in [0.15, 0.2) is 29.2 Å². The van der Waals surface area contributed by atoms with Crippen molar-refractivity contribution in [3.63, 3.8) is 0 Å². The zero-order chi connectivity index (χ0) is 21.3. The first-order valence-corrected chi connectivity index (χ1v) is 11.7. The monoisotopic (exact) mass is 421 g/mol. The van der Waals surface area contributed by atoms with E-state index in [-0.39, 0.29) is 16.8 Å². The Balaban J connectivity index is 2.00. The van der Waals surface area contributed by atoms with Crippen molar-refractivity contribution >= 4 is 15.9 Å². The summed E-state index contributed by atoms with van der Waals surface area (Å²) in [6.07, 6.45) is 2.80. The molecule has 0 spiro atoms. The summed E-state index contributed by atoms with van der Waals surface area (Å²) in [6, 6.07) is 9.02. The van der Waals surface area contributed by atoms with Crippen molar-refractivity contribution in [1.29, 1.82) is 5.26 Å². The third kappa shape index (κ3) is 6.26. The summed E-state index contributed by atoms with van der Waals surface area (Å²) in [5, 5.41) is 8.90. The van der Waals surface area contributed by atoms with E-state index in [1.165, 1.54) is 4.31 Å². The number of nitriles is 1. The van der Waals surface area contributed by atoms with Crippen LogP contribution in [0.2, 0.25) is 0 Å². The molecule has 0 radical (unpaired) electrons. The molecule has 1 heterocycles. The second-order valence-electron chi connectivity index (χ2n) is 7.07. The second kappa shape index (κ2) is 11.3. The van der Waals surface area contributed by atoms with Crippen LogP contribution in [0.25, 0.3) is 0 Å². The number of carbonyl (C=O) groups excluding carboxylic acids is 1. The Hall–Kier alpha value is -1.95. The zero-order valence-corrected chi connectivity index (χ0v) is 18.2. The summed E-state index contributed by atoms with van der Waals surface area (Å²) in [5.74, 6) is 0.0342. The van der Waals surface area contributed by atoms with Crippen LogP contribution in [0.3, 0.4) is 0 Å². The molecule has 2 rings (SSSR count). The van der Waals surface area contributed by atoms with E-state index < -0.39 is 10.0 Å². The maximum Gasteiger partial charge on any atom is 0.243 e. The molecule has 29 heavy (non-hydrogen) atoms. The molecule has 160 valence electrons. The van der Waals surface area contributed by atoms with Gasteiger partial charge in [0.2, 0.25) is 15.9 Å². The maximum atomic E-state index is 12.8. The van der Waals surface area contributed by atoms with Gasteiger partial charge in [0.25, 0.3) is 0 Å². The molecule has 0 aliphatic carbocycles. The van der Waals surface area contributed by atoms with E-state index in [2.05, 4.69) is 6.07 Å². The third-order valence-corrected chi connectivity index (χ3v) is 7.37. The zero-order valence-electron chi connectivity index (χ0n) is 17.3. The molecule has 1 amide bonds. The van der Waals surface area contributed by atoms with Gasteiger partial charge in [0.1, 0.15) is 0 Å². The standard InChI is InChI=1S/C21H31N3O4S/c1-3-23(4-2)29(26,27)20-9-6-18(7-10-20)8-11-21(25)24(15-5-14-22)19-12-16-28-17-13-19/h6-7,9-10,19H,3-5,8,11-13,15-17H2,1-2H3. The molecule has 0 N–H and O–H groups in total. The van der Waals surface area contributed by atoms with Crippen molar-refractivity contribution in [2.24, 2.45) is 0 Å². The highest BCUT2D eigenvalue weighted by molar-refractivity contribution is 7.89. The van der Waals surface area contributed by atoms with Crippen LogP contribution in [0.5, 0.6) is 0 Å². The van der Waals surface area contributed by atoms with Gasteiger partial charge < -0.3 is 9.64 Å². The smallest absolute Gasteiger partial charge is 0.243 e. The van der Waals surface area contributed by atoms with Crippen LogP contribution < -0.4 is 0 Å². The number of amides is 1. The fourth-order valence-electron chi connectivity index (χ4n) is 3.61.